The number of thiocarbonyl (C=S) groups is 1. The summed E-state index contributed by atoms with van der Waals surface area (Å²) in [6.45, 7) is 1.84. The lowest BCUT2D eigenvalue weighted by atomic mass is 9.95. The van der Waals surface area contributed by atoms with Crippen LogP contribution < -0.4 is 16.0 Å². The van der Waals surface area contributed by atoms with Gasteiger partial charge in [0.05, 0.1) is 11.6 Å². The Kier molecular flexibility index (Phi) is 5.42. The highest BCUT2D eigenvalue weighted by atomic mass is 79.9. The zero-order valence-corrected chi connectivity index (χ0v) is 16.4. The van der Waals surface area contributed by atoms with Gasteiger partial charge in [-0.25, -0.2) is 0 Å². The van der Waals surface area contributed by atoms with E-state index in [2.05, 4.69) is 31.9 Å². The number of hydrogen-bond acceptors (Lipinski definition) is 2. The topological polar surface area (TPSA) is 53.2 Å². The van der Waals surface area contributed by atoms with Crippen LogP contribution in [0.15, 0.2) is 64.3 Å². The highest BCUT2D eigenvalue weighted by molar-refractivity contribution is 9.10. The van der Waals surface area contributed by atoms with E-state index in [9.17, 15) is 4.79 Å². The van der Waals surface area contributed by atoms with Gasteiger partial charge in [0.25, 0.3) is 5.91 Å². The maximum atomic E-state index is 12.9. The molecule has 0 aromatic heterocycles. The Morgan fingerprint density at radius 1 is 1.24 bits per heavy atom. The second kappa shape index (κ2) is 7.56. The fourth-order valence-electron chi connectivity index (χ4n) is 2.70. The summed E-state index contributed by atoms with van der Waals surface area (Å²) in [7, 11) is 0. The van der Waals surface area contributed by atoms with Crippen molar-refractivity contribution in [3.05, 3.63) is 74.9 Å². The van der Waals surface area contributed by atoms with Crippen molar-refractivity contribution in [2.45, 2.75) is 13.0 Å². The standard InChI is InChI=1S/C18H15BrClN3OS/c1-10-15(17(24)22-14-7-3-6-13(20)9-14)16(23-18(25)21-10)11-4-2-5-12(19)8-11/h2-9,16H,1H3,(H,22,24)(H2,21,23,25). The third kappa shape index (κ3) is 4.21. The lowest BCUT2D eigenvalue weighted by Gasteiger charge is -2.30. The molecule has 0 aliphatic carbocycles. The summed E-state index contributed by atoms with van der Waals surface area (Å²) in [6, 6.07) is 14.5. The fraction of sp³-hybridized carbons (Fsp3) is 0.111. The lowest BCUT2D eigenvalue weighted by molar-refractivity contribution is -0.113. The van der Waals surface area contributed by atoms with Crippen molar-refractivity contribution in [3.63, 3.8) is 0 Å². The fourth-order valence-corrected chi connectivity index (χ4v) is 3.57. The molecule has 0 spiro atoms. The molecule has 1 aliphatic heterocycles. The number of benzene rings is 2. The lowest BCUT2D eigenvalue weighted by Crippen LogP contribution is -2.45. The molecule has 128 valence electrons. The molecule has 1 amide bonds. The first-order valence-electron chi connectivity index (χ1n) is 7.54. The van der Waals surface area contributed by atoms with Crippen molar-refractivity contribution in [3.8, 4) is 0 Å². The Bertz CT molecular complexity index is 884. The van der Waals surface area contributed by atoms with E-state index in [-0.39, 0.29) is 11.9 Å². The van der Waals surface area contributed by atoms with Crippen molar-refractivity contribution in [2.24, 2.45) is 0 Å². The largest absolute Gasteiger partial charge is 0.351 e. The van der Waals surface area contributed by atoms with Gasteiger partial charge in [0.2, 0.25) is 0 Å². The van der Waals surface area contributed by atoms with Gasteiger partial charge in [-0.15, -0.1) is 0 Å². The zero-order valence-electron chi connectivity index (χ0n) is 13.3. The summed E-state index contributed by atoms with van der Waals surface area (Å²) in [5.74, 6) is -0.216. The monoisotopic (exact) mass is 435 g/mol. The molecule has 25 heavy (non-hydrogen) atoms. The van der Waals surface area contributed by atoms with Crippen molar-refractivity contribution >= 4 is 56.5 Å². The van der Waals surface area contributed by atoms with E-state index in [1.807, 2.05) is 31.2 Å². The summed E-state index contributed by atoms with van der Waals surface area (Å²) in [5.41, 5.74) is 2.87. The van der Waals surface area contributed by atoms with Gasteiger partial charge in [0, 0.05) is 20.9 Å². The summed E-state index contributed by atoms with van der Waals surface area (Å²) in [6.07, 6.45) is 0. The Morgan fingerprint density at radius 2 is 2.00 bits per heavy atom. The van der Waals surface area contributed by atoms with Gasteiger partial charge in [0.15, 0.2) is 5.11 Å². The highest BCUT2D eigenvalue weighted by Gasteiger charge is 2.30. The first-order valence-corrected chi connectivity index (χ1v) is 9.12. The molecule has 0 saturated heterocycles. The maximum Gasteiger partial charge on any atom is 0.255 e. The number of anilines is 1. The van der Waals surface area contributed by atoms with Crippen molar-refractivity contribution < 1.29 is 4.79 Å². The number of carbonyl (C=O) groups is 1. The minimum Gasteiger partial charge on any atom is -0.351 e. The number of hydrogen-bond donors (Lipinski definition) is 3. The second-order valence-corrected chi connectivity index (χ2v) is 7.35. The number of rotatable bonds is 3. The summed E-state index contributed by atoms with van der Waals surface area (Å²) in [5, 5.41) is 10.1. The predicted molar refractivity (Wildman–Crippen MR) is 109 cm³/mol. The molecule has 3 rings (SSSR count). The first kappa shape index (κ1) is 17.9. The van der Waals surface area contributed by atoms with E-state index in [1.54, 1.807) is 24.3 Å². The van der Waals surface area contributed by atoms with Gasteiger partial charge >= 0.3 is 0 Å². The van der Waals surface area contributed by atoms with Crippen LogP contribution in [0, 0.1) is 0 Å². The molecule has 1 aliphatic rings. The predicted octanol–water partition coefficient (Wildman–Crippen LogP) is 4.53. The highest BCUT2D eigenvalue weighted by Crippen LogP contribution is 2.29. The van der Waals surface area contributed by atoms with Gasteiger partial charge in [-0.1, -0.05) is 45.7 Å². The van der Waals surface area contributed by atoms with E-state index in [0.29, 0.717) is 27.1 Å². The van der Waals surface area contributed by atoms with Crippen LogP contribution in [-0.4, -0.2) is 11.0 Å². The average Bonchev–Trinajstić information content (AvgIpc) is 2.54. The van der Waals surface area contributed by atoms with Crippen molar-refractivity contribution in [1.29, 1.82) is 0 Å². The summed E-state index contributed by atoms with van der Waals surface area (Å²) >= 11 is 14.7. The number of carbonyl (C=O) groups excluding carboxylic acids is 1. The van der Waals surface area contributed by atoms with Crippen LogP contribution in [-0.2, 0) is 4.79 Å². The Balaban J connectivity index is 1.96. The maximum absolute atomic E-state index is 12.9. The average molecular weight is 437 g/mol. The molecule has 4 nitrogen and oxygen atoms in total. The molecular formula is C18H15BrClN3OS. The van der Waals surface area contributed by atoms with E-state index >= 15 is 0 Å². The molecule has 2 aromatic rings. The van der Waals surface area contributed by atoms with Crippen LogP contribution in [0.5, 0.6) is 0 Å². The SMILES string of the molecule is CC1=C(C(=O)Nc2cccc(Cl)c2)C(c2cccc(Br)c2)NC(=S)N1. The van der Waals surface area contributed by atoms with Gasteiger partial charge in [-0.05, 0) is 55.0 Å². The summed E-state index contributed by atoms with van der Waals surface area (Å²) in [4.78, 5) is 12.9. The smallest absolute Gasteiger partial charge is 0.255 e. The Morgan fingerprint density at radius 3 is 2.72 bits per heavy atom. The van der Waals surface area contributed by atoms with E-state index in [0.717, 1.165) is 10.0 Å². The molecule has 1 heterocycles. The number of allylic oxidation sites excluding steroid dienone is 1. The van der Waals surface area contributed by atoms with Gasteiger partial charge in [-0.3, -0.25) is 4.79 Å². The number of halogens is 2. The molecule has 1 unspecified atom stereocenters. The minimum atomic E-state index is -0.342. The normalized spacial score (nSPS) is 16.9. The minimum absolute atomic E-state index is 0.216. The second-order valence-electron chi connectivity index (χ2n) is 5.59. The quantitative estimate of drug-likeness (QED) is 0.619. The number of nitrogens with one attached hydrogen (secondary N) is 3. The van der Waals surface area contributed by atoms with Gasteiger partial charge in [-0.2, -0.15) is 0 Å². The van der Waals surface area contributed by atoms with E-state index in [4.69, 9.17) is 23.8 Å². The molecule has 0 fully saturated rings. The van der Waals surface area contributed by atoms with Crippen LogP contribution in [0.1, 0.15) is 18.5 Å². The van der Waals surface area contributed by atoms with Gasteiger partial charge < -0.3 is 16.0 Å². The molecule has 1 atom stereocenters. The molecule has 0 saturated carbocycles. The molecule has 7 heteroatoms. The van der Waals surface area contributed by atoms with Crippen molar-refractivity contribution in [1.82, 2.24) is 10.6 Å². The summed E-state index contributed by atoms with van der Waals surface area (Å²) < 4.78 is 0.934. The van der Waals surface area contributed by atoms with Gasteiger partial charge in [0.1, 0.15) is 0 Å². The molecule has 0 radical (unpaired) electrons. The molecule has 3 N–H and O–H groups in total. The van der Waals surface area contributed by atoms with E-state index < -0.39 is 0 Å². The molecule has 2 aromatic carbocycles. The first-order chi connectivity index (χ1) is 11.9. The Hall–Kier alpha value is -1.89. The van der Waals surface area contributed by atoms with Crippen LogP contribution in [0.3, 0.4) is 0 Å². The van der Waals surface area contributed by atoms with E-state index in [1.165, 1.54) is 0 Å². The van der Waals surface area contributed by atoms with Crippen molar-refractivity contribution in [2.75, 3.05) is 5.32 Å². The van der Waals surface area contributed by atoms with Crippen LogP contribution >= 0.6 is 39.7 Å². The Labute approximate surface area is 164 Å². The molecule has 0 bridgehead atoms. The van der Waals surface area contributed by atoms with Crippen LogP contribution in [0.4, 0.5) is 5.69 Å². The third-order valence-corrected chi connectivity index (χ3v) is 4.73. The zero-order chi connectivity index (χ0) is 18.0. The number of amides is 1. The molecular weight excluding hydrogens is 422 g/mol. The van der Waals surface area contributed by atoms with Crippen LogP contribution in [0.2, 0.25) is 5.02 Å². The van der Waals surface area contributed by atoms with Crippen LogP contribution in [0.25, 0.3) is 0 Å². The third-order valence-electron chi connectivity index (χ3n) is 3.78.